The van der Waals surface area contributed by atoms with E-state index >= 15 is 0 Å². The zero-order chi connectivity index (χ0) is 11.4. The molecule has 0 aromatic heterocycles. The van der Waals surface area contributed by atoms with Crippen LogP contribution >= 0.6 is 11.6 Å². The summed E-state index contributed by atoms with van der Waals surface area (Å²) in [5, 5.41) is 8.61. The maximum atomic E-state index is 11.4. The Morgan fingerprint density at radius 2 is 2.07 bits per heavy atom. The standard InChI is InChI=1S/C11H11ClO3/c1-7-2-3-8(5-11(14)15)4-9(7)10(13)6-12/h2-4H,5-6H2,1H3,(H,14,15). The van der Waals surface area contributed by atoms with Gasteiger partial charge in [-0.2, -0.15) is 0 Å². The molecule has 0 spiro atoms. The number of alkyl halides is 1. The molecular formula is C11H11ClO3. The van der Waals surface area contributed by atoms with Crippen molar-refractivity contribution < 1.29 is 14.7 Å². The number of hydrogen-bond donors (Lipinski definition) is 1. The molecule has 4 heteroatoms. The first kappa shape index (κ1) is 11.7. The molecule has 1 aromatic rings. The summed E-state index contributed by atoms with van der Waals surface area (Å²) in [6, 6.07) is 5.03. The number of carboxylic acid groups (broad SMARTS) is 1. The van der Waals surface area contributed by atoms with Gasteiger partial charge < -0.3 is 5.11 Å². The van der Waals surface area contributed by atoms with Crippen LogP contribution in [0.2, 0.25) is 0 Å². The van der Waals surface area contributed by atoms with Gasteiger partial charge in [-0.05, 0) is 24.1 Å². The van der Waals surface area contributed by atoms with E-state index in [4.69, 9.17) is 16.7 Å². The summed E-state index contributed by atoms with van der Waals surface area (Å²) in [5.74, 6) is -1.18. The van der Waals surface area contributed by atoms with E-state index in [1.165, 1.54) is 0 Å². The smallest absolute Gasteiger partial charge is 0.307 e. The van der Waals surface area contributed by atoms with Gasteiger partial charge in [0.05, 0.1) is 12.3 Å². The van der Waals surface area contributed by atoms with Gasteiger partial charge in [0, 0.05) is 5.56 Å². The molecule has 0 aliphatic rings. The zero-order valence-electron chi connectivity index (χ0n) is 8.29. The number of halogens is 1. The first-order chi connectivity index (χ1) is 7.04. The topological polar surface area (TPSA) is 54.4 Å². The first-order valence-electron chi connectivity index (χ1n) is 4.45. The van der Waals surface area contributed by atoms with Crippen molar-refractivity contribution in [2.24, 2.45) is 0 Å². The molecule has 15 heavy (non-hydrogen) atoms. The molecule has 0 bridgehead atoms. The number of Topliss-reactive ketones (excluding diaryl/α,β-unsaturated/α-hetero) is 1. The number of carbonyl (C=O) groups excluding carboxylic acids is 1. The summed E-state index contributed by atoms with van der Waals surface area (Å²) in [4.78, 5) is 21.9. The Kier molecular flexibility index (Phi) is 3.86. The molecule has 0 heterocycles. The second-order valence-corrected chi connectivity index (χ2v) is 3.54. The Hall–Kier alpha value is -1.35. The van der Waals surface area contributed by atoms with Crippen LogP contribution in [0.3, 0.4) is 0 Å². The van der Waals surface area contributed by atoms with Gasteiger partial charge in [-0.3, -0.25) is 9.59 Å². The molecule has 0 amide bonds. The number of rotatable bonds is 4. The van der Waals surface area contributed by atoms with E-state index in [0.717, 1.165) is 5.56 Å². The molecule has 3 nitrogen and oxygen atoms in total. The summed E-state index contributed by atoms with van der Waals surface area (Å²) in [5.41, 5.74) is 1.93. The fraction of sp³-hybridized carbons (Fsp3) is 0.273. The van der Waals surface area contributed by atoms with Crippen LogP contribution in [-0.2, 0) is 11.2 Å². The van der Waals surface area contributed by atoms with Gasteiger partial charge in [-0.15, -0.1) is 11.6 Å². The van der Waals surface area contributed by atoms with Crippen molar-refractivity contribution in [3.63, 3.8) is 0 Å². The summed E-state index contributed by atoms with van der Waals surface area (Å²) in [6.07, 6.45) is -0.0805. The van der Waals surface area contributed by atoms with Gasteiger partial charge in [0.25, 0.3) is 0 Å². The monoisotopic (exact) mass is 226 g/mol. The van der Waals surface area contributed by atoms with Crippen LogP contribution in [0, 0.1) is 6.92 Å². The molecule has 0 saturated carbocycles. The van der Waals surface area contributed by atoms with E-state index in [1.807, 2.05) is 0 Å². The largest absolute Gasteiger partial charge is 0.481 e. The van der Waals surface area contributed by atoms with Crippen molar-refractivity contribution >= 4 is 23.4 Å². The van der Waals surface area contributed by atoms with Gasteiger partial charge in [-0.1, -0.05) is 12.1 Å². The van der Waals surface area contributed by atoms with Crippen molar-refractivity contribution in [1.82, 2.24) is 0 Å². The molecule has 0 unspecified atom stereocenters. The lowest BCUT2D eigenvalue weighted by molar-refractivity contribution is -0.136. The van der Waals surface area contributed by atoms with Crippen molar-refractivity contribution in [2.45, 2.75) is 13.3 Å². The molecule has 0 saturated heterocycles. The number of ketones is 1. The minimum absolute atomic E-state index is 0.0805. The lowest BCUT2D eigenvalue weighted by Gasteiger charge is -2.05. The Balaban J connectivity index is 3.05. The average molecular weight is 227 g/mol. The molecule has 0 atom stereocenters. The van der Waals surface area contributed by atoms with E-state index < -0.39 is 5.97 Å². The quantitative estimate of drug-likeness (QED) is 0.632. The van der Waals surface area contributed by atoms with Crippen LogP contribution in [0.1, 0.15) is 21.5 Å². The minimum Gasteiger partial charge on any atom is -0.481 e. The number of hydrogen-bond acceptors (Lipinski definition) is 2. The predicted molar refractivity (Wildman–Crippen MR) is 57.6 cm³/mol. The highest BCUT2D eigenvalue weighted by Crippen LogP contribution is 2.13. The summed E-state index contributed by atoms with van der Waals surface area (Å²) in [7, 11) is 0. The van der Waals surface area contributed by atoms with Crippen LogP contribution in [0.25, 0.3) is 0 Å². The molecule has 0 aliphatic heterocycles. The predicted octanol–water partition coefficient (Wildman–Crippen LogP) is 2.04. The summed E-state index contributed by atoms with van der Waals surface area (Å²) < 4.78 is 0. The molecule has 80 valence electrons. The van der Waals surface area contributed by atoms with Gasteiger partial charge in [0.15, 0.2) is 5.78 Å². The summed E-state index contributed by atoms with van der Waals surface area (Å²) >= 11 is 5.45. The Bertz CT molecular complexity index is 399. The van der Waals surface area contributed by atoms with Crippen molar-refractivity contribution in [3.8, 4) is 0 Å². The van der Waals surface area contributed by atoms with Crippen LogP contribution < -0.4 is 0 Å². The van der Waals surface area contributed by atoms with Crippen LogP contribution in [0.15, 0.2) is 18.2 Å². The van der Waals surface area contributed by atoms with Crippen LogP contribution in [0.4, 0.5) is 0 Å². The van der Waals surface area contributed by atoms with Gasteiger partial charge >= 0.3 is 5.97 Å². The van der Waals surface area contributed by atoms with E-state index in [1.54, 1.807) is 25.1 Å². The molecule has 0 radical (unpaired) electrons. The maximum Gasteiger partial charge on any atom is 0.307 e. The number of carboxylic acids is 1. The lowest BCUT2D eigenvalue weighted by Crippen LogP contribution is -2.06. The molecule has 1 N–H and O–H groups in total. The second kappa shape index (κ2) is 4.94. The average Bonchev–Trinajstić information content (AvgIpc) is 2.19. The zero-order valence-corrected chi connectivity index (χ0v) is 9.04. The highest BCUT2D eigenvalue weighted by atomic mass is 35.5. The second-order valence-electron chi connectivity index (χ2n) is 3.28. The summed E-state index contributed by atoms with van der Waals surface area (Å²) in [6.45, 7) is 1.80. The Morgan fingerprint density at radius 3 is 2.60 bits per heavy atom. The molecule has 0 aliphatic carbocycles. The third kappa shape index (κ3) is 3.06. The van der Waals surface area contributed by atoms with E-state index in [0.29, 0.717) is 11.1 Å². The van der Waals surface area contributed by atoms with Crippen LogP contribution in [-0.4, -0.2) is 22.7 Å². The molecule has 1 rings (SSSR count). The van der Waals surface area contributed by atoms with Crippen molar-refractivity contribution in [1.29, 1.82) is 0 Å². The van der Waals surface area contributed by atoms with E-state index in [-0.39, 0.29) is 18.1 Å². The maximum absolute atomic E-state index is 11.4. The fourth-order valence-corrected chi connectivity index (χ4v) is 1.47. The highest BCUT2D eigenvalue weighted by molar-refractivity contribution is 6.30. The third-order valence-corrected chi connectivity index (χ3v) is 2.32. The minimum atomic E-state index is -0.914. The Labute approximate surface area is 92.7 Å². The molecular weight excluding hydrogens is 216 g/mol. The number of aliphatic carboxylic acids is 1. The highest BCUT2D eigenvalue weighted by Gasteiger charge is 2.09. The Morgan fingerprint density at radius 1 is 1.40 bits per heavy atom. The number of aryl methyl sites for hydroxylation is 1. The van der Waals surface area contributed by atoms with Gasteiger partial charge in [-0.25, -0.2) is 0 Å². The number of benzene rings is 1. The third-order valence-electron chi connectivity index (χ3n) is 2.08. The van der Waals surface area contributed by atoms with Gasteiger partial charge in [0.2, 0.25) is 0 Å². The fourth-order valence-electron chi connectivity index (χ4n) is 1.33. The molecule has 0 fully saturated rings. The lowest BCUT2D eigenvalue weighted by atomic mass is 10.0. The normalized spacial score (nSPS) is 10.0. The van der Waals surface area contributed by atoms with Crippen molar-refractivity contribution in [2.75, 3.05) is 5.88 Å². The molecule has 1 aromatic carbocycles. The van der Waals surface area contributed by atoms with Crippen molar-refractivity contribution in [3.05, 3.63) is 34.9 Å². The number of carbonyl (C=O) groups is 2. The van der Waals surface area contributed by atoms with E-state index in [2.05, 4.69) is 0 Å². The first-order valence-corrected chi connectivity index (χ1v) is 4.98. The van der Waals surface area contributed by atoms with Crippen LogP contribution in [0.5, 0.6) is 0 Å². The van der Waals surface area contributed by atoms with E-state index in [9.17, 15) is 9.59 Å². The SMILES string of the molecule is Cc1ccc(CC(=O)O)cc1C(=O)CCl. The van der Waals surface area contributed by atoms with Gasteiger partial charge in [0.1, 0.15) is 0 Å².